The fourth-order valence-electron chi connectivity index (χ4n) is 2.29. The van der Waals surface area contributed by atoms with Gasteiger partial charge < -0.3 is 10.1 Å². The number of hydrogen-bond donors (Lipinski definition) is 1. The normalized spacial score (nSPS) is 15.7. The van der Waals surface area contributed by atoms with Crippen LogP contribution in [0.3, 0.4) is 0 Å². The second-order valence-electron chi connectivity index (χ2n) is 5.45. The van der Waals surface area contributed by atoms with E-state index in [4.69, 9.17) is 4.74 Å². The maximum Gasteiger partial charge on any atom is 0.119 e. The number of aromatic nitrogens is 2. The van der Waals surface area contributed by atoms with E-state index < -0.39 is 0 Å². The van der Waals surface area contributed by atoms with Gasteiger partial charge in [0.2, 0.25) is 0 Å². The van der Waals surface area contributed by atoms with Gasteiger partial charge in [-0.25, -0.2) is 9.97 Å². The minimum absolute atomic E-state index is 0.126. The van der Waals surface area contributed by atoms with E-state index in [9.17, 15) is 0 Å². The van der Waals surface area contributed by atoms with Gasteiger partial charge in [0, 0.05) is 18.0 Å². The second-order valence-corrected chi connectivity index (χ2v) is 5.45. The van der Waals surface area contributed by atoms with Crippen molar-refractivity contribution in [2.75, 3.05) is 6.54 Å². The minimum atomic E-state index is 0.126. The molecule has 1 N–H and O–H groups in total. The van der Waals surface area contributed by atoms with Gasteiger partial charge in [-0.15, -0.1) is 0 Å². The molecule has 4 heteroatoms. The molecule has 2 aromatic rings. The lowest BCUT2D eigenvalue weighted by Gasteiger charge is -2.19. The number of hydrogen-bond acceptors (Lipinski definition) is 4. The van der Waals surface area contributed by atoms with Gasteiger partial charge >= 0.3 is 0 Å². The van der Waals surface area contributed by atoms with Crippen LogP contribution in [0.25, 0.3) is 0 Å². The highest BCUT2D eigenvalue weighted by Crippen LogP contribution is 2.28. The van der Waals surface area contributed by atoms with Gasteiger partial charge in [0.25, 0.3) is 0 Å². The second kappa shape index (κ2) is 6.68. The summed E-state index contributed by atoms with van der Waals surface area (Å²) in [6.07, 6.45) is 9.20. The first-order chi connectivity index (χ1) is 10.4. The molecule has 0 spiro atoms. The number of ether oxygens (including phenoxy) is 1. The van der Waals surface area contributed by atoms with E-state index in [1.807, 2.05) is 12.4 Å². The lowest BCUT2D eigenvalue weighted by molar-refractivity contribution is 0.303. The monoisotopic (exact) mass is 283 g/mol. The van der Waals surface area contributed by atoms with Crippen molar-refractivity contribution in [3.63, 3.8) is 0 Å². The highest BCUT2D eigenvalue weighted by Gasteiger charge is 2.23. The minimum Gasteiger partial charge on any atom is -0.490 e. The summed E-state index contributed by atoms with van der Waals surface area (Å²) in [5, 5.41) is 3.55. The molecule has 1 unspecified atom stereocenters. The molecule has 0 amide bonds. The molecule has 110 valence electrons. The van der Waals surface area contributed by atoms with Gasteiger partial charge in [-0.1, -0.05) is 19.1 Å². The highest BCUT2D eigenvalue weighted by molar-refractivity contribution is 5.34. The Kier molecular flexibility index (Phi) is 4.46. The Morgan fingerprint density at radius 3 is 2.48 bits per heavy atom. The van der Waals surface area contributed by atoms with Gasteiger partial charge in [0.1, 0.15) is 12.1 Å². The molecule has 1 aromatic carbocycles. The van der Waals surface area contributed by atoms with Gasteiger partial charge in [-0.3, -0.25) is 0 Å². The maximum absolute atomic E-state index is 5.80. The zero-order valence-electron chi connectivity index (χ0n) is 12.3. The van der Waals surface area contributed by atoms with E-state index in [0.717, 1.165) is 24.3 Å². The molecule has 21 heavy (non-hydrogen) atoms. The maximum atomic E-state index is 5.80. The van der Waals surface area contributed by atoms with Crippen LogP contribution in [-0.4, -0.2) is 22.6 Å². The van der Waals surface area contributed by atoms with E-state index in [-0.39, 0.29) is 6.04 Å². The SMILES string of the molecule is CCCNC(c1ccc(OC2CC2)cc1)c1cncnc1. The Bertz CT molecular complexity index is 552. The molecular formula is C17H21N3O. The fourth-order valence-corrected chi connectivity index (χ4v) is 2.29. The summed E-state index contributed by atoms with van der Waals surface area (Å²) in [5.41, 5.74) is 2.29. The highest BCUT2D eigenvalue weighted by atomic mass is 16.5. The van der Waals surface area contributed by atoms with Gasteiger partial charge in [-0.2, -0.15) is 0 Å². The average Bonchev–Trinajstić information content (AvgIpc) is 3.34. The van der Waals surface area contributed by atoms with Crippen molar-refractivity contribution in [3.05, 3.63) is 54.1 Å². The third kappa shape index (κ3) is 3.79. The predicted octanol–water partition coefficient (Wildman–Crippen LogP) is 3.11. The Balaban J connectivity index is 1.78. The first-order valence-electron chi connectivity index (χ1n) is 7.61. The topological polar surface area (TPSA) is 47.0 Å². The Morgan fingerprint density at radius 2 is 1.86 bits per heavy atom. The standard InChI is InChI=1S/C17H21N3O/c1-2-9-20-17(14-10-18-12-19-11-14)13-3-5-15(6-4-13)21-16-7-8-16/h3-6,10-12,16-17,20H,2,7-9H2,1H3. The Morgan fingerprint density at radius 1 is 1.14 bits per heavy atom. The Labute approximate surface area is 125 Å². The molecule has 4 nitrogen and oxygen atoms in total. The van der Waals surface area contributed by atoms with Gasteiger partial charge in [-0.05, 0) is 43.5 Å². The molecule has 0 saturated heterocycles. The fraction of sp³-hybridized carbons (Fsp3) is 0.412. The largest absolute Gasteiger partial charge is 0.490 e. The van der Waals surface area contributed by atoms with Crippen LogP contribution in [0.15, 0.2) is 43.0 Å². The van der Waals surface area contributed by atoms with Crippen LogP contribution in [0.5, 0.6) is 5.75 Å². The van der Waals surface area contributed by atoms with Crippen LogP contribution < -0.4 is 10.1 Å². The lowest BCUT2D eigenvalue weighted by Crippen LogP contribution is -2.23. The summed E-state index contributed by atoms with van der Waals surface area (Å²) in [6.45, 7) is 3.12. The third-order valence-electron chi connectivity index (χ3n) is 3.55. The predicted molar refractivity (Wildman–Crippen MR) is 82.3 cm³/mol. The van der Waals surface area contributed by atoms with E-state index in [1.165, 1.54) is 18.4 Å². The van der Waals surface area contributed by atoms with Crippen LogP contribution in [-0.2, 0) is 0 Å². The van der Waals surface area contributed by atoms with Crippen molar-refractivity contribution in [2.24, 2.45) is 0 Å². The van der Waals surface area contributed by atoms with Crippen LogP contribution in [0, 0.1) is 0 Å². The summed E-state index contributed by atoms with van der Waals surface area (Å²) >= 11 is 0. The average molecular weight is 283 g/mol. The van der Waals surface area contributed by atoms with Crippen molar-refractivity contribution in [2.45, 2.75) is 38.3 Å². The van der Waals surface area contributed by atoms with E-state index in [0.29, 0.717) is 6.10 Å². The summed E-state index contributed by atoms with van der Waals surface area (Å²) in [7, 11) is 0. The molecule has 0 aliphatic heterocycles. The van der Waals surface area contributed by atoms with Crippen LogP contribution in [0.1, 0.15) is 43.4 Å². The van der Waals surface area contributed by atoms with E-state index in [1.54, 1.807) is 6.33 Å². The van der Waals surface area contributed by atoms with E-state index >= 15 is 0 Å². The molecule has 1 aliphatic carbocycles. The van der Waals surface area contributed by atoms with Crippen LogP contribution >= 0.6 is 0 Å². The van der Waals surface area contributed by atoms with Gasteiger partial charge in [0.05, 0.1) is 12.1 Å². The zero-order chi connectivity index (χ0) is 14.5. The number of benzene rings is 1. The van der Waals surface area contributed by atoms with Crippen molar-refractivity contribution in [1.82, 2.24) is 15.3 Å². The van der Waals surface area contributed by atoms with Crippen molar-refractivity contribution < 1.29 is 4.74 Å². The lowest BCUT2D eigenvalue weighted by atomic mass is 10.0. The summed E-state index contributed by atoms with van der Waals surface area (Å²) in [4.78, 5) is 8.26. The third-order valence-corrected chi connectivity index (χ3v) is 3.55. The molecule has 3 rings (SSSR count). The molecular weight excluding hydrogens is 262 g/mol. The van der Waals surface area contributed by atoms with Gasteiger partial charge in [0.15, 0.2) is 0 Å². The quantitative estimate of drug-likeness (QED) is 0.848. The summed E-state index contributed by atoms with van der Waals surface area (Å²) < 4.78 is 5.80. The Hall–Kier alpha value is -1.94. The van der Waals surface area contributed by atoms with Crippen molar-refractivity contribution in [3.8, 4) is 5.75 Å². The molecule has 1 heterocycles. The van der Waals surface area contributed by atoms with Crippen molar-refractivity contribution in [1.29, 1.82) is 0 Å². The molecule has 1 fully saturated rings. The zero-order valence-corrected chi connectivity index (χ0v) is 12.3. The molecule has 0 radical (unpaired) electrons. The summed E-state index contributed by atoms with van der Waals surface area (Å²) in [6, 6.07) is 8.48. The molecule has 1 aliphatic rings. The van der Waals surface area contributed by atoms with E-state index in [2.05, 4.69) is 46.5 Å². The first-order valence-corrected chi connectivity index (χ1v) is 7.61. The molecule has 0 bridgehead atoms. The first kappa shape index (κ1) is 14.0. The number of nitrogens with zero attached hydrogens (tertiary/aromatic N) is 2. The molecule has 1 aromatic heterocycles. The summed E-state index contributed by atoms with van der Waals surface area (Å²) in [5.74, 6) is 0.958. The molecule has 1 saturated carbocycles. The number of nitrogens with one attached hydrogen (secondary N) is 1. The number of rotatable bonds is 7. The smallest absolute Gasteiger partial charge is 0.119 e. The van der Waals surface area contributed by atoms with Crippen LogP contribution in [0.4, 0.5) is 0 Å². The van der Waals surface area contributed by atoms with Crippen LogP contribution in [0.2, 0.25) is 0 Å². The van der Waals surface area contributed by atoms with Crippen molar-refractivity contribution >= 4 is 0 Å². The molecule has 1 atom stereocenters.